The molecule has 7 heteroatoms. The van der Waals surface area contributed by atoms with Crippen molar-refractivity contribution >= 4 is 5.91 Å². The smallest absolute Gasteiger partial charge is 0.245 e. The Kier molecular flexibility index (Phi) is 6.11. The molecule has 1 amide bonds. The van der Waals surface area contributed by atoms with E-state index in [2.05, 4.69) is 35.6 Å². The number of hydrogen-bond acceptors (Lipinski definition) is 4. The van der Waals surface area contributed by atoms with E-state index in [1.807, 2.05) is 28.5 Å². The fourth-order valence-corrected chi connectivity index (χ4v) is 4.25. The van der Waals surface area contributed by atoms with Crippen LogP contribution in [-0.2, 0) is 4.79 Å². The third-order valence-electron chi connectivity index (χ3n) is 6.18. The minimum Gasteiger partial charge on any atom is -0.338 e. The molecule has 0 N–H and O–H groups in total. The zero-order chi connectivity index (χ0) is 22.9. The molecular formula is C25H30FN5O. The second-order valence-electron chi connectivity index (χ2n) is 9.25. The number of amides is 1. The Labute approximate surface area is 188 Å². The highest BCUT2D eigenvalue weighted by Crippen LogP contribution is 2.33. The number of imidazole rings is 1. The maximum Gasteiger partial charge on any atom is 0.245 e. The van der Waals surface area contributed by atoms with Gasteiger partial charge in [-0.2, -0.15) is 0 Å². The number of hydrogen-bond donors (Lipinski definition) is 0. The van der Waals surface area contributed by atoms with Gasteiger partial charge in [-0.05, 0) is 64.1 Å². The third-order valence-corrected chi connectivity index (χ3v) is 6.18. The largest absolute Gasteiger partial charge is 0.338 e. The van der Waals surface area contributed by atoms with Gasteiger partial charge < -0.3 is 9.47 Å². The van der Waals surface area contributed by atoms with E-state index in [4.69, 9.17) is 0 Å². The number of rotatable bonds is 4. The third kappa shape index (κ3) is 4.43. The van der Waals surface area contributed by atoms with Crippen LogP contribution < -0.4 is 0 Å². The highest BCUT2D eigenvalue weighted by molar-refractivity contribution is 5.84. The van der Waals surface area contributed by atoms with Crippen LogP contribution in [0.2, 0.25) is 0 Å². The van der Waals surface area contributed by atoms with Crippen molar-refractivity contribution in [2.24, 2.45) is 0 Å². The summed E-state index contributed by atoms with van der Waals surface area (Å²) in [5, 5.41) is 0. The summed E-state index contributed by atoms with van der Waals surface area (Å²) in [6, 6.07) is 9.67. The molecule has 32 heavy (non-hydrogen) atoms. The summed E-state index contributed by atoms with van der Waals surface area (Å²) in [5.74, 6) is -0.214. The van der Waals surface area contributed by atoms with Gasteiger partial charge in [0.2, 0.25) is 5.91 Å². The molecule has 2 aromatic heterocycles. The Morgan fingerprint density at radius 3 is 2.19 bits per heavy atom. The van der Waals surface area contributed by atoms with Gasteiger partial charge in [0, 0.05) is 55.2 Å². The molecule has 1 unspecified atom stereocenters. The average molecular weight is 436 g/mol. The number of benzene rings is 1. The lowest BCUT2D eigenvalue weighted by molar-refractivity contribution is -0.136. The van der Waals surface area contributed by atoms with Crippen LogP contribution in [0.3, 0.4) is 0 Å². The SMILES string of the molecule is CC(C(=O)N1CCN(C(C)(C)C)CC1)n1cnc(-c2ccc(F)cc2)c1-c1ccncc1. The van der Waals surface area contributed by atoms with Gasteiger partial charge in [-0.25, -0.2) is 9.37 Å². The van der Waals surface area contributed by atoms with Gasteiger partial charge in [0.05, 0.1) is 17.7 Å². The molecule has 1 aliphatic rings. The van der Waals surface area contributed by atoms with E-state index in [0.29, 0.717) is 18.8 Å². The van der Waals surface area contributed by atoms with Gasteiger partial charge in [0.1, 0.15) is 11.9 Å². The summed E-state index contributed by atoms with van der Waals surface area (Å²) < 4.78 is 15.4. The van der Waals surface area contributed by atoms with Crippen LogP contribution in [0.5, 0.6) is 0 Å². The van der Waals surface area contributed by atoms with Crippen molar-refractivity contribution in [2.75, 3.05) is 26.2 Å². The van der Waals surface area contributed by atoms with Crippen LogP contribution in [0.4, 0.5) is 4.39 Å². The molecule has 0 bridgehead atoms. The predicted molar refractivity (Wildman–Crippen MR) is 123 cm³/mol. The van der Waals surface area contributed by atoms with Gasteiger partial charge >= 0.3 is 0 Å². The molecule has 0 spiro atoms. The summed E-state index contributed by atoms with van der Waals surface area (Å²) >= 11 is 0. The molecule has 6 nitrogen and oxygen atoms in total. The van der Waals surface area contributed by atoms with E-state index >= 15 is 0 Å². The van der Waals surface area contributed by atoms with Crippen LogP contribution in [-0.4, -0.2) is 62.0 Å². The van der Waals surface area contributed by atoms with E-state index in [0.717, 1.165) is 29.9 Å². The average Bonchev–Trinajstić information content (AvgIpc) is 3.24. The lowest BCUT2D eigenvalue weighted by atomic mass is 10.0. The quantitative estimate of drug-likeness (QED) is 0.615. The molecule has 3 aromatic rings. The van der Waals surface area contributed by atoms with Crippen molar-refractivity contribution in [3.05, 3.63) is 60.9 Å². The summed E-state index contributed by atoms with van der Waals surface area (Å²) in [5.41, 5.74) is 3.36. The Morgan fingerprint density at radius 1 is 0.969 bits per heavy atom. The van der Waals surface area contributed by atoms with Crippen molar-refractivity contribution in [1.82, 2.24) is 24.3 Å². The van der Waals surface area contributed by atoms with Gasteiger partial charge in [0.15, 0.2) is 0 Å². The number of piperazine rings is 1. The number of halogens is 1. The monoisotopic (exact) mass is 435 g/mol. The number of nitrogens with zero attached hydrogens (tertiary/aromatic N) is 5. The van der Waals surface area contributed by atoms with Crippen LogP contribution >= 0.6 is 0 Å². The molecule has 1 aliphatic heterocycles. The maximum atomic E-state index is 13.5. The second-order valence-corrected chi connectivity index (χ2v) is 9.25. The topological polar surface area (TPSA) is 54.3 Å². The molecule has 1 saturated heterocycles. The fraction of sp³-hybridized carbons (Fsp3) is 0.400. The van der Waals surface area contributed by atoms with Crippen LogP contribution in [0.25, 0.3) is 22.5 Å². The highest BCUT2D eigenvalue weighted by Gasteiger charge is 2.31. The molecule has 168 valence electrons. The fourth-order valence-electron chi connectivity index (χ4n) is 4.25. The van der Waals surface area contributed by atoms with Gasteiger partial charge in [-0.1, -0.05) is 0 Å². The molecule has 0 aliphatic carbocycles. The summed E-state index contributed by atoms with van der Waals surface area (Å²) in [4.78, 5) is 26.5. The van der Waals surface area contributed by atoms with Crippen molar-refractivity contribution in [3.63, 3.8) is 0 Å². The first-order chi connectivity index (χ1) is 15.3. The minimum absolute atomic E-state index is 0.0805. The van der Waals surface area contributed by atoms with Gasteiger partial charge in [-0.3, -0.25) is 14.7 Å². The van der Waals surface area contributed by atoms with E-state index in [-0.39, 0.29) is 17.3 Å². The first kappa shape index (κ1) is 22.1. The van der Waals surface area contributed by atoms with Gasteiger partial charge in [0.25, 0.3) is 0 Å². The molecule has 3 heterocycles. The van der Waals surface area contributed by atoms with E-state index in [1.54, 1.807) is 30.9 Å². The standard InChI is InChI=1S/C25H30FN5O/c1-18(24(32)29-13-15-30(16-14-29)25(2,3)4)31-17-28-22(19-5-7-21(26)8-6-19)23(31)20-9-11-27-12-10-20/h5-12,17-18H,13-16H2,1-4H3. The molecule has 1 fully saturated rings. The first-order valence-electron chi connectivity index (χ1n) is 11.0. The summed E-state index contributed by atoms with van der Waals surface area (Å²) in [7, 11) is 0. The molecule has 1 atom stereocenters. The van der Waals surface area contributed by atoms with Crippen LogP contribution in [0, 0.1) is 5.82 Å². The van der Waals surface area contributed by atoms with Crippen molar-refractivity contribution in [2.45, 2.75) is 39.3 Å². The van der Waals surface area contributed by atoms with Crippen LogP contribution in [0.1, 0.15) is 33.7 Å². The predicted octanol–water partition coefficient (Wildman–Crippen LogP) is 4.25. The number of aromatic nitrogens is 3. The molecule has 1 aromatic carbocycles. The van der Waals surface area contributed by atoms with Crippen molar-refractivity contribution in [3.8, 4) is 22.5 Å². The normalized spacial score (nSPS) is 16.2. The van der Waals surface area contributed by atoms with E-state index in [1.165, 1.54) is 12.1 Å². The minimum atomic E-state index is -0.416. The lowest BCUT2D eigenvalue weighted by Gasteiger charge is -2.42. The summed E-state index contributed by atoms with van der Waals surface area (Å²) in [6.45, 7) is 11.7. The van der Waals surface area contributed by atoms with Crippen LogP contribution in [0.15, 0.2) is 55.1 Å². The Hall–Kier alpha value is -3.06. The van der Waals surface area contributed by atoms with Gasteiger partial charge in [-0.15, -0.1) is 0 Å². The maximum absolute atomic E-state index is 13.5. The number of carbonyl (C=O) groups excluding carboxylic acids is 1. The number of pyridine rings is 1. The van der Waals surface area contributed by atoms with Crippen molar-refractivity contribution < 1.29 is 9.18 Å². The number of carbonyl (C=O) groups is 1. The molecule has 0 saturated carbocycles. The Morgan fingerprint density at radius 2 is 1.59 bits per heavy atom. The van der Waals surface area contributed by atoms with Crippen molar-refractivity contribution in [1.29, 1.82) is 0 Å². The van der Waals surface area contributed by atoms with E-state index < -0.39 is 6.04 Å². The lowest BCUT2D eigenvalue weighted by Crippen LogP contribution is -2.55. The zero-order valence-corrected chi connectivity index (χ0v) is 19.1. The first-order valence-corrected chi connectivity index (χ1v) is 11.0. The molecule has 4 rings (SSSR count). The Bertz CT molecular complexity index is 1060. The second kappa shape index (κ2) is 8.82. The zero-order valence-electron chi connectivity index (χ0n) is 19.1. The Balaban J connectivity index is 1.64. The molecular weight excluding hydrogens is 405 g/mol. The molecule has 0 radical (unpaired) electrons. The van der Waals surface area contributed by atoms with E-state index in [9.17, 15) is 9.18 Å². The highest BCUT2D eigenvalue weighted by atomic mass is 19.1. The summed E-state index contributed by atoms with van der Waals surface area (Å²) in [6.07, 6.45) is 5.15.